The van der Waals surface area contributed by atoms with E-state index in [0.29, 0.717) is 19.4 Å². The molecule has 2 aliphatic heterocycles. The second-order valence-electron chi connectivity index (χ2n) is 6.30. The van der Waals surface area contributed by atoms with E-state index in [4.69, 9.17) is 9.90 Å². The third-order valence-corrected chi connectivity index (χ3v) is 4.31. The Kier molecular flexibility index (Phi) is 6.70. The van der Waals surface area contributed by atoms with Crippen molar-refractivity contribution in [3.63, 3.8) is 0 Å². The van der Waals surface area contributed by atoms with E-state index in [2.05, 4.69) is 10.4 Å². The third kappa shape index (κ3) is 5.03. The van der Waals surface area contributed by atoms with Gasteiger partial charge in [-0.3, -0.25) is 4.79 Å². The number of hydrogen-bond acceptors (Lipinski definition) is 4. The molecule has 1 aromatic rings. The number of hydrazone groups is 1. The van der Waals surface area contributed by atoms with Crippen LogP contribution in [0.4, 0.5) is 22.0 Å². The lowest BCUT2D eigenvalue weighted by Crippen LogP contribution is -2.53. The maximum atomic E-state index is 12.6. The summed E-state index contributed by atoms with van der Waals surface area (Å²) in [6.45, 7) is 0.559. The van der Waals surface area contributed by atoms with E-state index in [1.807, 2.05) is 30.3 Å². The molecule has 1 fully saturated rings. The first kappa shape index (κ1) is 21.7. The van der Waals surface area contributed by atoms with Crippen molar-refractivity contribution in [1.29, 1.82) is 0 Å². The first-order valence-corrected chi connectivity index (χ1v) is 8.29. The van der Waals surface area contributed by atoms with E-state index in [-0.39, 0.29) is 5.91 Å². The quantitative estimate of drug-likeness (QED) is 0.751. The first-order valence-electron chi connectivity index (χ1n) is 8.29. The third-order valence-electron chi connectivity index (χ3n) is 4.31. The molecule has 154 valence electrons. The van der Waals surface area contributed by atoms with Crippen molar-refractivity contribution in [1.82, 2.24) is 10.3 Å². The fourth-order valence-electron chi connectivity index (χ4n) is 3.07. The van der Waals surface area contributed by atoms with Gasteiger partial charge in [-0.05, 0) is 12.0 Å². The van der Waals surface area contributed by atoms with Gasteiger partial charge in [0, 0.05) is 19.5 Å². The molecule has 11 heteroatoms. The summed E-state index contributed by atoms with van der Waals surface area (Å²) >= 11 is 0. The van der Waals surface area contributed by atoms with Crippen molar-refractivity contribution in [3.05, 3.63) is 35.9 Å². The molecule has 0 spiro atoms. The lowest BCUT2D eigenvalue weighted by atomic mass is 9.74. The fourth-order valence-corrected chi connectivity index (χ4v) is 3.07. The van der Waals surface area contributed by atoms with Crippen LogP contribution in [0.1, 0.15) is 12.0 Å². The zero-order chi connectivity index (χ0) is 20.9. The molecule has 0 radical (unpaired) electrons. The van der Waals surface area contributed by atoms with Crippen LogP contribution in [-0.2, 0) is 16.0 Å². The van der Waals surface area contributed by atoms with Crippen molar-refractivity contribution >= 4 is 17.6 Å². The predicted molar refractivity (Wildman–Crippen MR) is 88.9 cm³/mol. The van der Waals surface area contributed by atoms with E-state index < -0.39 is 30.5 Å². The largest absolute Gasteiger partial charge is 0.490 e. The minimum Gasteiger partial charge on any atom is -0.475 e. The Labute approximate surface area is 157 Å². The highest BCUT2D eigenvalue weighted by molar-refractivity contribution is 6.13. The van der Waals surface area contributed by atoms with Gasteiger partial charge < -0.3 is 10.4 Å². The van der Waals surface area contributed by atoms with Gasteiger partial charge >= 0.3 is 12.1 Å². The average molecular weight is 407 g/mol. The Morgan fingerprint density at radius 1 is 1.29 bits per heavy atom. The summed E-state index contributed by atoms with van der Waals surface area (Å²) in [6, 6.07) is 9.63. The highest BCUT2D eigenvalue weighted by Crippen LogP contribution is 2.36. The number of fused-ring (bicyclic) bond motifs is 1. The highest BCUT2D eigenvalue weighted by Gasteiger charge is 2.52. The number of carbonyl (C=O) groups is 2. The molecule has 6 nitrogen and oxygen atoms in total. The molecule has 1 atom stereocenters. The highest BCUT2D eigenvalue weighted by atomic mass is 19.4. The SMILES string of the molecule is O=C(O)C(F)(F)F.O=C1N(CC(F)F)N=C2CCNCC12Cc1ccccc1. The molecule has 1 aromatic carbocycles. The number of amides is 1. The summed E-state index contributed by atoms with van der Waals surface area (Å²) < 4.78 is 57.0. The molecule has 0 bridgehead atoms. The number of aliphatic carboxylic acids is 1. The lowest BCUT2D eigenvalue weighted by molar-refractivity contribution is -0.192. The van der Waals surface area contributed by atoms with Crippen LogP contribution < -0.4 is 5.32 Å². The Balaban J connectivity index is 0.000000345. The van der Waals surface area contributed by atoms with Crippen LogP contribution in [-0.4, -0.2) is 59.9 Å². The lowest BCUT2D eigenvalue weighted by Gasteiger charge is -2.33. The van der Waals surface area contributed by atoms with Crippen molar-refractivity contribution in [2.24, 2.45) is 10.5 Å². The number of carboxylic acids is 1. The van der Waals surface area contributed by atoms with Gasteiger partial charge in [0.15, 0.2) is 0 Å². The standard InChI is InChI=1S/C15H17F2N3O.C2HF3O2/c16-13(17)9-20-14(21)15(8-11-4-2-1-3-5-11)10-18-7-6-12(15)19-20;3-2(4,5)1(6)7/h1-5,13,18H,6-10H2;(H,6,7). The van der Waals surface area contributed by atoms with Crippen LogP contribution in [0.3, 0.4) is 0 Å². The van der Waals surface area contributed by atoms with Gasteiger partial charge in [-0.15, -0.1) is 0 Å². The van der Waals surface area contributed by atoms with Crippen LogP contribution in [0.5, 0.6) is 0 Å². The molecular formula is C17H18F5N3O3. The van der Waals surface area contributed by atoms with Crippen molar-refractivity contribution in [2.45, 2.75) is 25.4 Å². The number of carbonyl (C=O) groups excluding carboxylic acids is 1. The summed E-state index contributed by atoms with van der Waals surface area (Å²) in [5.74, 6) is -3.07. The maximum absolute atomic E-state index is 12.6. The molecule has 1 unspecified atom stereocenters. The molecule has 0 saturated carbocycles. The molecule has 0 aliphatic carbocycles. The van der Waals surface area contributed by atoms with Crippen LogP contribution in [0.2, 0.25) is 0 Å². The number of halogens is 5. The Bertz CT molecular complexity index is 739. The summed E-state index contributed by atoms with van der Waals surface area (Å²) in [5.41, 5.74) is 0.950. The number of alkyl halides is 5. The molecule has 0 aromatic heterocycles. The number of rotatable bonds is 4. The number of carboxylic acid groups (broad SMARTS) is 1. The molecule has 3 rings (SSSR count). The van der Waals surface area contributed by atoms with Crippen LogP contribution >= 0.6 is 0 Å². The molecule has 1 amide bonds. The monoisotopic (exact) mass is 407 g/mol. The van der Waals surface area contributed by atoms with Crippen LogP contribution in [0, 0.1) is 5.41 Å². The number of nitrogens with one attached hydrogen (secondary N) is 1. The molecule has 2 N–H and O–H groups in total. The van der Waals surface area contributed by atoms with E-state index in [0.717, 1.165) is 22.8 Å². The first-order chi connectivity index (χ1) is 13.1. The number of hydrogen-bond donors (Lipinski definition) is 2. The Morgan fingerprint density at radius 3 is 2.43 bits per heavy atom. The van der Waals surface area contributed by atoms with Gasteiger partial charge in [0.1, 0.15) is 12.0 Å². The molecular weight excluding hydrogens is 389 g/mol. The van der Waals surface area contributed by atoms with E-state index in [1.54, 1.807) is 0 Å². The molecule has 2 heterocycles. The number of nitrogens with zero attached hydrogens (tertiary/aromatic N) is 2. The average Bonchev–Trinajstić information content (AvgIpc) is 2.87. The summed E-state index contributed by atoms with van der Waals surface area (Å²) in [6.07, 6.45) is -6.53. The maximum Gasteiger partial charge on any atom is 0.490 e. The van der Waals surface area contributed by atoms with Crippen LogP contribution in [0.15, 0.2) is 35.4 Å². The topological polar surface area (TPSA) is 82.0 Å². The van der Waals surface area contributed by atoms with Crippen LogP contribution in [0.25, 0.3) is 0 Å². The van der Waals surface area contributed by atoms with Gasteiger partial charge in [0.05, 0.1) is 5.71 Å². The minimum absolute atomic E-state index is 0.311. The zero-order valence-corrected chi connectivity index (χ0v) is 14.5. The summed E-state index contributed by atoms with van der Waals surface area (Å²) in [7, 11) is 0. The van der Waals surface area contributed by atoms with E-state index >= 15 is 0 Å². The van der Waals surface area contributed by atoms with Crippen molar-refractivity contribution in [3.8, 4) is 0 Å². The van der Waals surface area contributed by atoms with E-state index in [1.165, 1.54) is 0 Å². The summed E-state index contributed by atoms with van der Waals surface area (Å²) in [5, 5.41) is 15.5. The normalized spacial score (nSPS) is 21.7. The summed E-state index contributed by atoms with van der Waals surface area (Å²) in [4.78, 5) is 21.5. The predicted octanol–water partition coefficient (Wildman–Crippen LogP) is 2.31. The van der Waals surface area contributed by atoms with Gasteiger partial charge in [-0.2, -0.15) is 18.3 Å². The second-order valence-corrected chi connectivity index (χ2v) is 6.30. The Hall–Kier alpha value is -2.56. The smallest absolute Gasteiger partial charge is 0.475 e. The van der Waals surface area contributed by atoms with Gasteiger partial charge in [-0.1, -0.05) is 30.3 Å². The minimum atomic E-state index is -5.08. The number of piperidine rings is 1. The second kappa shape index (κ2) is 8.63. The Morgan fingerprint density at radius 2 is 1.89 bits per heavy atom. The van der Waals surface area contributed by atoms with Gasteiger partial charge in [0.2, 0.25) is 0 Å². The molecule has 1 saturated heterocycles. The fraction of sp³-hybridized carbons (Fsp3) is 0.471. The van der Waals surface area contributed by atoms with Gasteiger partial charge in [0.25, 0.3) is 12.3 Å². The van der Waals surface area contributed by atoms with Crippen molar-refractivity contribution < 1.29 is 36.6 Å². The number of benzene rings is 1. The zero-order valence-electron chi connectivity index (χ0n) is 14.5. The van der Waals surface area contributed by atoms with E-state index in [9.17, 15) is 26.7 Å². The molecule has 2 aliphatic rings. The van der Waals surface area contributed by atoms with Gasteiger partial charge in [-0.25, -0.2) is 18.6 Å². The molecule has 28 heavy (non-hydrogen) atoms. The van der Waals surface area contributed by atoms with Crippen molar-refractivity contribution in [2.75, 3.05) is 19.6 Å².